The van der Waals surface area contributed by atoms with Crippen LogP contribution in [-0.2, 0) is 14.3 Å². The number of ether oxygens (including phenoxy) is 1. The summed E-state index contributed by atoms with van der Waals surface area (Å²) in [5.74, 6) is 0.121. The Bertz CT molecular complexity index is 470. The standard InChI is InChI=1S/C11H15FO4S/c1-3-16-17(13,14)11-5-4-9(2)8-10(11)15-7-6-12/h4-5,8H,3,6-7H2,1-2H3. The number of hydrogen-bond acceptors (Lipinski definition) is 4. The van der Waals surface area contributed by atoms with Crippen LogP contribution in [0.15, 0.2) is 23.1 Å². The molecule has 0 aliphatic carbocycles. The van der Waals surface area contributed by atoms with E-state index < -0.39 is 16.8 Å². The molecule has 96 valence electrons. The minimum absolute atomic E-state index is 0.0404. The summed E-state index contributed by atoms with van der Waals surface area (Å²) < 4.78 is 45.3. The highest BCUT2D eigenvalue weighted by Gasteiger charge is 2.20. The van der Waals surface area contributed by atoms with E-state index in [-0.39, 0.29) is 23.9 Å². The van der Waals surface area contributed by atoms with Gasteiger partial charge in [0.1, 0.15) is 23.9 Å². The molecule has 0 saturated heterocycles. The number of hydrogen-bond donors (Lipinski definition) is 0. The molecule has 0 heterocycles. The second-order valence-electron chi connectivity index (χ2n) is 3.35. The van der Waals surface area contributed by atoms with Crippen LogP contribution in [0.1, 0.15) is 12.5 Å². The van der Waals surface area contributed by atoms with Crippen molar-refractivity contribution in [2.45, 2.75) is 18.7 Å². The molecule has 0 aromatic heterocycles. The zero-order valence-corrected chi connectivity index (χ0v) is 10.6. The van der Waals surface area contributed by atoms with Crippen molar-refractivity contribution in [3.8, 4) is 5.75 Å². The lowest BCUT2D eigenvalue weighted by molar-refractivity contribution is 0.264. The Balaban J connectivity index is 3.14. The first-order valence-corrected chi connectivity index (χ1v) is 6.61. The van der Waals surface area contributed by atoms with Gasteiger partial charge in [-0.1, -0.05) is 6.07 Å². The molecule has 0 N–H and O–H groups in total. The highest BCUT2D eigenvalue weighted by atomic mass is 32.2. The van der Waals surface area contributed by atoms with Crippen molar-refractivity contribution in [1.82, 2.24) is 0 Å². The van der Waals surface area contributed by atoms with Gasteiger partial charge < -0.3 is 4.74 Å². The summed E-state index contributed by atoms with van der Waals surface area (Å²) in [5.41, 5.74) is 0.828. The van der Waals surface area contributed by atoms with Crippen molar-refractivity contribution >= 4 is 10.1 Å². The molecule has 17 heavy (non-hydrogen) atoms. The van der Waals surface area contributed by atoms with Gasteiger partial charge in [-0.05, 0) is 31.5 Å². The molecule has 0 radical (unpaired) electrons. The van der Waals surface area contributed by atoms with Crippen molar-refractivity contribution in [1.29, 1.82) is 0 Å². The molecule has 6 heteroatoms. The summed E-state index contributed by atoms with van der Waals surface area (Å²) in [6.45, 7) is 2.55. The first-order valence-electron chi connectivity index (χ1n) is 5.20. The zero-order valence-electron chi connectivity index (χ0n) is 9.77. The van der Waals surface area contributed by atoms with Crippen LogP contribution >= 0.6 is 0 Å². The third-order valence-electron chi connectivity index (χ3n) is 1.98. The summed E-state index contributed by atoms with van der Waals surface area (Å²) in [5, 5.41) is 0. The number of benzene rings is 1. The van der Waals surface area contributed by atoms with Crippen molar-refractivity contribution in [2.75, 3.05) is 19.9 Å². The minimum atomic E-state index is -3.84. The van der Waals surface area contributed by atoms with E-state index in [1.54, 1.807) is 26.0 Å². The number of halogens is 1. The van der Waals surface area contributed by atoms with E-state index in [1.807, 2.05) is 0 Å². The van der Waals surface area contributed by atoms with Crippen LogP contribution < -0.4 is 4.74 Å². The molecular formula is C11H15FO4S. The van der Waals surface area contributed by atoms with Crippen molar-refractivity contribution in [2.24, 2.45) is 0 Å². The number of aryl methyl sites for hydroxylation is 1. The maximum absolute atomic E-state index is 12.0. The van der Waals surface area contributed by atoms with Crippen LogP contribution in [0.3, 0.4) is 0 Å². The highest BCUT2D eigenvalue weighted by molar-refractivity contribution is 7.86. The molecule has 0 fully saturated rings. The molecule has 0 aliphatic rings. The molecule has 0 aliphatic heterocycles. The largest absolute Gasteiger partial charge is 0.489 e. The second-order valence-corrected chi connectivity index (χ2v) is 4.93. The maximum atomic E-state index is 12.0. The monoisotopic (exact) mass is 262 g/mol. The van der Waals surface area contributed by atoms with Crippen LogP contribution in [0.25, 0.3) is 0 Å². The Hall–Kier alpha value is -1.14. The van der Waals surface area contributed by atoms with Crippen LogP contribution in [0.2, 0.25) is 0 Å². The fraction of sp³-hybridized carbons (Fsp3) is 0.455. The predicted molar refractivity (Wildman–Crippen MR) is 61.5 cm³/mol. The molecule has 0 spiro atoms. The van der Waals surface area contributed by atoms with Gasteiger partial charge in [0, 0.05) is 0 Å². The maximum Gasteiger partial charge on any atom is 0.300 e. The quantitative estimate of drug-likeness (QED) is 0.736. The molecule has 1 rings (SSSR count). The fourth-order valence-corrected chi connectivity index (χ4v) is 2.34. The summed E-state index contributed by atoms with van der Waals surface area (Å²) in [4.78, 5) is -0.0709. The van der Waals surface area contributed by atoms with E-state index >= 15 is 0 Å². The van der Waals surface area contributed by atoms with Gasteiger partial charge in [-0.25, -0.2) is 4.39 Å². The van der Waals surface area contributed by atoms with Crippen LogP contribution in [0, 0.1) is 6.92 Å². The normalized spacial score (nSPS) is 11.5. The van der Waals surface area contributed by atoms with Gasteiger partial charge in [0.2, 0.25) is 0 Å². The molecule has 1 aromatic rings. The Morgan fingerprint density at radius 1 is 1.35 bits per heavy atom. The van der Waals surface area contributed by atoms with Crippen LogP contribution in [0.5, 0.6) is 5.75 Å². The fourth-order valence-electron chi connectivity index (χ4n) is 1.30. The van der Waals surface area contributed by atoms with Gasteiger partial charge in [-0.3, -0.25) is 4.18 Å². The van der Waals surface area contributed by atoms with E-state index in [0.717, 1.165) is 5.56 Å². The summed E-state index contributed by atoms with van der Waals surface area (Å²) in [6.07, 6.45) is 0. The molecule has 4 nitrogen and oxygen atoms in total. The van der Waals surface area contributed by atoms with Gasteiger partial charge >= 0.3 is 10.1 Å². The van der Waals surface area contributed by atoms with Crippen LogP contribution in [-0.4, -0.2) is 28.3 Å². The van der Waals surface area contributed by atoms with Gasteiger partial charge in [0.05, 0.1) is 6.61 Å². The van der Waals surface area contributed by atoms with Gasteiger partial charge in [-0.15, -0.1) is 0 Å². The Morgan fingerprint density at radius 2 is 2.06 bits per heavy atom. The van der Waals surface area contributed by atoms with E-state index in [0.29, 0.717) is 0 Å². The minimum Gasteiger partial charge on any atom is -0.489 e. The van der Waals surface area contributed by atoms with E-state index in [2.05, 4.69) is 4.18 Å². The molecular weight excluding hydrogens is 247 g/mol. The summed E-state index contributed by atoms with van der Waals surface area (Å²) in [7, 11) is -3.84. The van der Waals surface area contributed by atoms with Gasteiger partial charge in [0.25, 0.3) is 0 Å². The lowest BCUT2D eigenvalue weighted by Gasteiger charge is -2.11. The van der Waals surface area contributed by atoms with Gasteiger partial charge in [-0.2, -0.15) is 8.42 Å². The lowest BCUT2D eigenvalue weighted by atomic mass is 10.2. The SMILES string of the molecule is CCOS(=O)(=O)c1ccc(C)cc1OCCF. The molecule has 0 bridgehead atoms. The summed E-state index contributed by atoms with van der Waals surface area (Å²) >= 11 is 0. The van der Waals surface area contributed by atoms with Crippen molar-refractivity contribution in [3.05, 3.63) is 23.8 Å². The Morgan fingerprint density at radius 3 is 2.65 bits per heavy atom. The lowest BCUT2D eigenvalue weighted by Crippen LogP contribution is -2.10. The third-order valence-corrected chi connectivity index (χ3v) is 3.40. The topological polar surface area (TPSA) is 52.6 Å². The molecule has 0 unspecified atom stereocenters. The Kier molecular flexibility index (Phi) is 4.89. The second kappa shape index (κ2) is 5.97. The molecule has 0 amide bonds. The van der Waals surface area contributed by atoms with E-state index in [4.69, 9.17) is 4.74 Å². The Labute approximate surface area is 100 Å². The number of alkyl halides is 1. The zero-order chi connectivity index (χ0) is 12.9. The molecule has 1 aromatic carbocycles. The van der Waals surface area contributed by atoms with Crippen LogP contribution in [0.4, 0.5) is 4.39 Å². The third kappa shape index (κ3) is 3.67. The first-order chi connectivity index (χ1) is 8.01. The summed E-state index contributed by atoms with van der Waals surface area (Å²) in [6, 6.07) is 4.57. The molecule has 0 atom stereocenters. The average molecular weight is 262 g/mol. The van der Waals surface area contributed by atoms with E-state index in [9.17, 15) is 12.8 Å². The first kappa shape index (κ1) is 13.9. The average Bonchev–Trinajstić information content (AvgIpc) is 2.26. The highest BCUT2D eigenvalue weighted by Crippen LogP contribution is 2.26. The van der Waals surface area contributed by atoms with E-state index in [1.165, 1.54) is 6.07 Å². The van der Waals surface area contributed by atoms with Gasteiger partial charge in [0.15, 0.2) is 0 Å². The number of rotatable bonds is 6. The predicted octanol–water partition coefficient (Wildman–Crippen LogP) is 2.07. The smallest absolute Gasteiger partial charge is 0.300 e. The van der Waals surface area contributed by atoms with Crippen molar-refractivity contribution in [3.63, 3.8) is 0 Å². The molecule has 0 saturated carbocycles. The van der Waals surface area contributed by atoms with Crippen molar-refractivity contribution < 1.29 is 21.7 Å².